The van der Waals surface area contributed by atoms with E-state index < -0.39 is 0 Å². The number of rotatable bonds is 21. The Morgan fingerprint density at radius 2 is 0.850 bits per heavy atom. The van der Waals surface area contributed by atoms with Crippen LogP contribution in [0.3, 0.4) is 0 Å². The molecule has 0 spiro atoms. The zero-order valence-electron chi connectivity index (χ0n) is 35.9. The van der Waals surface area contributed by atoms with Crippen molar-refractivity contribution in [2.45, 2.75) is 38.6 Å². The fourth-order valence-corrected chi connectivity index (χ4v) is 7.78. The second-order valence-electron chi connectivity index (χ2n) is 15.6. The number of hydrogen-bond donors (Lipinski definition) is 0. The van der Waals surface area contributed by atoms with Gasteiger partial charge in [-0.25, -0.2) is 0 Å². The summed E-state index contributed by atoms with van der Waals surface area (Å²) in [6.07, 6.45) is 0.921. The molecule has 0 radical (unpaired) electrons. The Bertz CT molecular complexity index is 1850. The molecule has 0 N–H and O–H groups in total. The van der Waals surface area contributed by atoms with Gasteiger partial charge in [-0.15, -0.1) is 0 Å². The van der Waals surface area contributed by atoms with E-state index in [1.54, 1.807) is 14.2 Å². The van der Waals surface area contributed by atoms with E-state index in [1.807, 2.05) is 0 Å². The van der Waals surface area contributed by atoms with Crippen LogP contribution in [0.5, 0.6) is 11.5 Å². The van der Waals surface area contributed by atoms with Crippen molar-refractivity contribution in [2.75, 3.05) is 99.7 Å². The maximum absolute atomic E-state index is 6.08. The topological polar surface area (TPSA) is 59.1 Å². The lowest BCUT2D eigenvalue weighted by atomic mass is 10.0. The Labute approximate surface area is 359 Å². The molecule has 9 nitrogen and oxygen atoms in total. The van der Waals surface area contributed by atoms with Gasteiger partial charge in [0, 0.05) is 85.1 Å². The summed E-state index contributed by atoms with van der Waals surface area (Å²) < 4.78 is 27.8. The largest absolute Gasteiger partial charge is 0.497 e. The van der Waals surface area contributed by atoms with Crippen LogP contribution in [0.1, 0.15) is 27.8 Å². The van der Waals surface area contributed by atoms with E-state index in [9.17, 15) is 0 Å². The summed E-state index contributed by atoms with van der Waals surface area (Å²) >= 11 is 0. The molecule has 1 saturated heterocycles. The molecular formula is C51H66N4O5. The number of ether oxygens (including phenoxy) is 5. The molecule has 1 aliphatic rings. The minimum absolute atomic E-state index is 0.260. The van der Waals surface area contributed by atoms with Crippen molar-refractivity contribution in [3.8, 4) is 11.5 Å². The van der Waals surface area contributed by atoms with Gasteiger partial charge < -0.3 is 23.7 Å². The van der Waals surface area contributed by atoms with Gasteiger partial charge in [-0.2, -0.15) is 0 Å². The van der Waals surface area contributed by atoms with Crippen molar-refractivity contribution in [1.29, 1.82) is 0 Å². The normalized spacial score (nSPS) is 16.5. The second kappa shape index (κ2) is 25.9. The molecule has 0 bridgehead atoms. The molecule has 0 aromatic heterocycles. The molecule has 6 rings (SSSR count). The molecule has 1 fully saturated rings. The van der Waals surface area contributed by atoms with Crippen LogP contribution in [-0.4, -0.2) is 125 Å². The Morgan fingerprint density at radius 3 is 1.40 bits per heavy atom. The first kappa shape index (κ1) is 45.0. The molecule has 1 aliphatic heterocycles. The first-order valence-corrected chi connectivity index (χ1v) is 21.7. The van der Waals surface area contributed by atoms with Gasteiger partial charge in [0.25, 0.3) is 0 Å². The molecular weight excluding hydrogens is 749 g/mol. The van der Waals surface area contributed by atoms with Crippen molar-refractivity contribution in [3.05, 3.63) is 167 Å². The molecule has 0 unspecified atom stereocenters. The Hall–Kier alpha value is -4.58. The zero-order chi connectivity index (χ0) is 41.5. The lowest BCUT2D eigenvalue weighted by molar-refractivity contribution is 0.0180. The summed E-state index contributed by atoms with van der Waals surface area (Å²) in [5, 5.41) is 0. The van der Waals surface area contributed by atoms with Crippen LogP contribution in [0.25, 0.3) is 0 Å². The Morgan fingerprint density at radius 1 is 0.417 bits per heavy atom. The summed E-state index contributed by atoms with van der Waals surface area (Å²) in [4.78, 5) is 10.8. The Balaban J connectivity index is 1.24. The van der Waals surface area contributed by atoms with Gasteiger partial charge in [0.1, 0.15) is 18.1 Å². The average Bonchev–Trinajstić information content (AvgIpc) is 3.29. The van der Waals surface area contributed by atoms with Crippen molar-refractivity contribution in [3.63, 3.8) is 0 Å². The molecule has 0 saturated carbocycles. The quantitative estimate of drug-likeness (QED) is 0.0695. The molecule has 0 amide bonds. The third-order valence-corrected chi connectivity index (χ3v) is 11.1. The standard InChI is InChI=1S/C51H66N4O5/c1-56-32-33-58-34-35-59-36-37-60-51-24-18-44(19-25-51)38-49-43-54(41-48-20-22-50(57-2)23-21-48)29-28-52(39-45-12-6-3-7-13-45)26-27-53(40-46-14-8-4-9-15-46)30-31-55(49)42-47-16-10-5-11-17-47/h3-25,49H,26-43H2,1-2H3/t49-/m0/s1. The highest BCUT2D eigenvalue weighted by molar-refractivity contribution is 5.29. The van der Waals surface area contributed by atoms with Crippen molar-refractivity contribution in [2.24, 2.45) is 0 Å². The van der Waals surface area contributed by atoms with Crippen LogP contribution in [0.4, 0.5) is 0 Å². The molecule has 320 valence electrons. The van der Waals surface area contributed by atoms with Gasteiger partial charge in [0.15, 0.2) is 0 Å². The fraction of sp³-hybridized carbons (Fsp3) is 0.412. The highest BCUT2D eigenvalue weighted by Gasteiger charge is 2.25. The minimum atomic E-state index is 0.260. The first-order chi connectivity index (χ1) is 29.6. The van der Waals surface area contributed by atoms with Crippen LogP contribution in [0, 0.1) is 0 Å². The Kier molecular flexibility index (Phi) is 19.4. The van der Waals surface area contributed by atoms with Crippen LogP contribution in [0.2, 0.25) is 0 Å². The number of nitrogens with zero attached hydrogens (tertiary/aromatic N) is 4. The number of benzene rings is 5. The highest BCUT2D eigenvalue weighted by Crippen LogP contribution is 2.21. The van der Waals surface area contributed by atoms with E-state index in [0.29, 0.717) is 39.6 Å². The molecule has 5 aromatic rings. The smallest absolute Gasteiger partial charge is 0.119 e. The van der Waals surface area contributed by atoms with E-state index in [2.05, 4.69) is 159 Å². The van der Waals surface area contributed by atoms with Gasteiger partial charge >= 0.3 is 0 Å². The van der Waals surface area contributed by atoms with E-state index in [0.717, 1.165) is 89.9 Å². The zero-order valence-corrected chi connectivity index (χ0v) is 35.9. The minimum Gasteiger partial charge on any atom is -0.497 e. The predicted octanol–water partition coefficient (Wildman–Crippen LogP) is 7.69. The van der Waals surface area contributed by atoms with E-state index in [1.165, 1.54) is 27.8 Å². The van der Waals surface area contributed by atoms with Gasteiger partial charge in [-0.3, -0.25) is 19.6 Å². The van der Waals surface area contributed by atoms with Gasteiger partial charge in [-0.05, 0) is 58.5 Å². The van der Waals surface area contributed by atoms with Crippen molar-refractivity contribution < 1.29 is 23.7 Å². The number of methoxy groups -OCH3 is 2. The van der Waals surface area contributed by atoms with E-state index in [4.69, 9.17) is 23.7 Å². The summed E-state index contributed by atoms with van der Waals surface area (Å²) in [5.41, 5.74) is 6.66. The second-order valence-corrected chi connectivity index (χ2v) is 15.6. The monoisotopic (exact) mass is 815 g/mol. The highest BCUT2D eigenvalue weighted by atomic mass is 16.6. The maximum Gasteiger partial charge on any atom is 0.119 e. The first-order valence-electron chi connectivity index (χ1n) is 21.7. The third kappa shape index (κ3) is 16.1. The lowest BCUT2D eigenvalue weighted by Gasteiger charge is -2.39. The van der Waals surface area contributed by atoms with Crippen molar-refractivity contribution in [1.82, 2.24) is 19.6 Å². The van der Waals surface area contributed by atoms with Crippen LogP contribution in [0.15, 0.2) is 140 Å². The predicted molar refractivity (Wildman–Crippen MR) is 242 cm³/mol. The van der Waals surface area contributed by atoms with Gasteiger partial charge in [0.2, 0.25) is 0 Å². The molecule has 60 heavy (non-hydrogen) atoms. The van der Waals surface area contributed by atoms with Crippen molar-refractivity contribution >= 4 is 0 Å². The average molecular weight is 815 g/mol. The lowest BCUT2D eigenvalue weighted by Crippen LogP contribution is -2.50. The fourth-order valence-electron chi connectivity index (χ4n) is 7.78. The molecule has 0 aliphatic carbocycles. The van der Waals surface area contributed by atoms with E-state index in [-0.39, 0.29) is 6.04 Å². The van der Waals surface area contributed by atoms with Crippen LogP contribution in [-0.2, 0) is 46.8 Å². The summed E-state index contributed by atoms with van der Waals surface area (Å²) in [7, 11) is 3.41. The van der Waals surface area contributed by atoms with Gasteiger partial charge in [0.05, 0.1) is 40.1 Å². The summed E-state index contributed by atoms with van der Waals surface area (Å²) in [5.74, 6) is 1.74. The number of hydrogen-bond acceptors (Lipinski definition) is 9. The maximum atomic E-state index is 6.08. The van der Waals surface area contributed by atoms with Crippen LogP contribution < -0.4 is 9.47 Å². The molecule has 5 aromatic carbocycles. The molecule has 9 heteroatoms. The molecule has 1 heterocycles. The van der Waals surface area contributed by atoms with Gasteiger partial charge in [-0.1, -0.05) is 115 Å². The van der Waals surface area contributed by atoms with E-state index >= 15 is 0 Å². The van der Waals surface area contributed by atoms with Crippen LogP contribution >= 0.6 is 0 Å². The summed E-state index contributed by atoms with van der Waals surface area (Å²) in [6, 6.07) is 50.5. The SMILES string of the molecule is COCCOCCOCCOc1ccc(C[C@H]2CN(Cc3ccc(OC)cc3)CCN(Cc3ccccc3)CCN(Cc3ccccc3)CCN2Cc2ccccc2)cc1. The third-order valence-electron chi connectivity index (χ3n) is 11.1. The summed E-state index contributed by atoms with van der Waals surface area (Å²) in [6.45, 7) is 13.7. The molecule has 1 atom stereocenters.